The minimum absolute atomic E-state index is 1.13. The highest BCUT2D eigenvalue weighted by Gasteiger charge is 2.11. The van der Waals surface area contributed by atoms with Crippen molar-refractivity contribution in [1.82, 2.24) is 40.9 Å². The van der Waals surface area contributed by atoms with Crippen molar-refractivity contribution >= 4 is 0 Å². The molecular formula is C32H72N8. The smallest absolute Gasteiger partial charge is 0.000664 e. The topological polar surface area (TPSA) is 61.1 Å². The summed E-state index contributed by atoms with van der Waals surface area (Å²) in [6, 6.07) is 0. The Morgan fingerprint density at radius 2 is 0.500 bits per heavy atom. The Labute approximate surface area is 250 Å². The maximum atomic E-state index is 3.34. The molecule has 8 heteroatoms. The van der Waals surface area contributed by atoms with Crippen LogP contribution in [0.2, 0.25) is 0 Å². The fourth-order valence-electron chi connectivity index (χ4n) is 5.94. The quantitative estimate of drug-likeness (QED) is 0.212. The van der Waals surface area contributed by atoms with Crippen LogP contribution in [-0.4, -0.2) is 153 Å². The van der Waals surface area contributed by atoms with Gasteiger partial charge < -0.3 is 40.9 Å². The van der Waals surface area contributed by atoms with Gasteiger partial charge in [-0.3, -0.25) is 0 Å². The number of nitrogens with one attached hydrogen (secondary N) is 4. The standard InChI is InChI=1S/C32H72N8/c1-33-17-13-29-37-21-5-7-23-38(30-14-18-34-2)25-9-11-27-40(32-16-20-36-4)28-12-10-26-39(24-8-6-22-37)31-15-19-35-3/h33-36H,5-32H2,1-4H3. The van der Waals surface area contributed by atoms with E-state index in [0.29, 0.717) is 0 Å². The highest BCUT2D eigenvalue weighted by atomic mass is 15.1. The summed E-state index contributed by atoms with van der Waals surface area (Å²) >= 11 is 0. The zero-order valence-corrected chi connectivity index (χ0v) is 27.6. The van der Waals surface area contributed by atoms with Crippen LogP contribution in [0.5, 0.6) is 0 Å². The lowest BCUT2D eigenvalue weighted by Gasteiger charge is -2.27. The van der Waals surface area contributed by atoms with E-state index in [0.717, 1.165) is 26.2 Å². The second kappa shape index (κ2) is 28.8. The molecule has 1 saturated heterocycles. The first-order chi connectivity index (χ1) is 19.7. The van der Waals surface area contributed by atoms with Gasteiger partial charge in [0.2, 0.25) is 0 Å². The summed E-state index contributed by atoms with van der Waals surface area (Å²) in [5.41, 5.74) is 0. The maximum Gasteiger partial charge on any atom is -0.000664 e. The van der Waals surface area contributed by atoms with E-state index in [1.165, 1.54) is 156 Å². The molecule has 0 aromatic carbocycles. The van der Waals surface area contributed by atoms with Crippen LogP contribution in [0.25, 0.3) is 0 Å². The second-order valence-electron chi connectivity index (χ2n) is 12.0. The molecule has 4 N–H and O–H groups in total. The first-order valence-corrected chi connectivity index (χ1v) is 17.2. The molecule has 0 atom stereocenters. The highest BCUT2D eigenvalue weighted by Crippen LogP contribution is 2.08. The van der Waals surface area contributed by atoms with Crippen LogP contribution >= 0.6 is 0 Å². The molecule has 1 heterocycles. The molecule has 0 bridgehead atoms. The summed E-state index contributed by atoms with van der Waals surface area (Å²) in [4.78, 5) is 11.0. The maximum absolute atomic E-state index is 3.34. The molecule has 240 valence electrons. The van der Waals surface area contributed by atoms with E-state index in [4.69, 9.17) is 0 Å². The van der Waals surface area contributed by atoms with Crippen molar-refractivity contribution in [2.45, 2.75) is 77.0 Å². The van der Waals surface area contributed by atoms with Crippen LogP contribution in [0.15, 0.2) is 0 Å². The number of nitrogens with zero attached hydrogens (tertiary/aromatic N) is 4. The molecule has 0 saturated carbocycles. The summed E-state index contributed by atoms with van der Waals surface area (Å²) in [5, 5.41) is 13.4. The van der Waals surface area contributed by atoms with E-state index >= 15 is 0 Å². The van der Waals surface area contributed by atoms with Gasteiger partial charge in [-0.15, -0.1) is 0 Å². The average Bonchev–Trinajstić information content (AvgIpc) is 2.96. The molecule has 0 spiro atoms. The van der Waals surface area contributed by atoms with Crippen molar-refractivity contribution in [2.24, 2.45) is 0 Å². The minimum atomic E-state index is 1.13. The van der Waals surface area contributed by atoms with E-state index in [1.807, 2.05) is 0 Å². The van der Waals surface area contributed by atoms with Gasteiger partial charge in [-0.25, -0.2) is 0 Å². The summed E-state index contributed by atoms with van der Waals surface area (Å²) in [7, 11) is 8.32. The molecule has 0 aromatic rings. The first-order valence-electron chi connectivity index (χ1n) is 17.2. The van der Waals surface area contributed by atoms with Gasteiger partial charge in [0.25, 0.3) is 0 Å². The lowest BCUT2D eigenvalue weighted by molar-refractivity contribution is 0.208. The number of rotatable bonds is 16. The molecule has 1 fully saturated rings. The SMILES string of the molecule is CNCCCN1CCCCN(CCCNC)CCCCN(CCCNC)CCCCN(CCCNC)CCCC1. The Bertz CT molecular complexity index is 397. The van der Waals surface area contributed by atoms with E-state index in [9.17, 15) is 0 Å². The van der Waals surface area contributed by atoms with Crippen LogP contribution in [0.1, 0.15) is 77.0 Å². The monoisotopic (exact) mass is 569 g/mol. The molecular weight excluding hydrogens is 496 g/mol. The third-order valence-corrected chi connectivity index (χ3v) is 8.40. The Hall–Kier alpha value is -0.320. The van der Waals surface area contributed by atoms with Crippen molar-refractivity contribution in [2.75, 3.05) is 133 Å². The average molecular weight is 569 g/mol. The van der Waals surface area contributed by atoms with E-state index in [2.05, 4.69) is 69.1 Å². The molecule has 8 nitrogen and oxygen atoms in total. The lowest BCUT2D eigenvalue weighted by Crippen LogP contribution is -2.34. The van der Waals surface area contributed by atoms with Gasteiger partial charge in [-0.1, -0.05) is 0 Å². The molecule has 1 aliphatic rings. The Morgan fingerprint density at radius 3 is 0.650 bits per heavy atom. The van der Waals surface area contributed by atoms with E-state index in [-0.39, 0.29) is 0 Å². The molecule has 0 aliphatic carbocycles. The third kappa shape index (κ3) is 22.3. The molecule has 1 aliphatic heterocycles. The van der Waals surface area contributed by atoms with Gasteiger partial charge in [0.1, 0.15) is 0 Å². The molecule has 0 radical (unpaired) electrons. The summed E-state index contributed by atoms with van der Waals surface area (Å²) in [6.07, 6.45) is 15.7. The van der Waals surface area contributed by atoms with Crippen molar-refractivity contribution in [3.05, 3.63) is 0 Å². The van der Waals surface area contributed by atoms with Crippen LogP contribution in [-0.2, 0) is 0 Å². The first kappa shape index (κ1) is 37.7. The van der Waals surface area contributed by atoms with Gasteiger partial charge >= 0.3 is 0 Å². The minimum Gasteiger partial charge on any atom is -0.320 e. The van der Waals surface area contributed by atoms with Gasteiger partial charge in [0.15, 0.2) is 0 Å². The molecule has 0 unspecified atom stereocenters. The van der Waals surface area contributed by atoms with Crippen molar-refractivity contribution < 1.29 is 0 Å². The van der Waals surface area contributed by atoms with Gasteiger partial charge in [-0.2, -0.15) is 0 Å². The predicted octanol–water partition coefficient (Wildman–Crippen LogP) is 2.77. The van der Waals surface area contributed by atoms with Gasteiger partial charge in [-0.05, 0) is 210 Å². The number of hydrogen-bond donors (Lipinski definition) is 4. The fraction of sp³-hybridized carbons (Fsp3) is 1.00. The predicted molar refractivity (Wildman–Crippen MR) is 177 cm³/mol. The zero-order chi connectivity index (χ0) is 28.9. The van der Waals surface area contributed by atoms with Crippen LogP contribution in [0.3, 0.4) is 0 Å². The molecule has 40 heavy (non-hydrogen) atoms. The Balaban J connectivity index is 2.74. The third-order valence-electron chi connectivity index (χ3n) is 8.40. The summed E-state index contributed by atoms with van der Waals surface area (Å²) in [6.45, 7) is 19.6. The Kier molecular flexibility index (Phi) is 27.1. The molecule has 0 amide bonds. The van der Waals surface area contributed by atoms with E-state index in [1.54, 1.807) is 0 Å². The van der Waals surface area contributed by atoms with Crippen LogP contribution in [0, 0.1) is 0 Å². The lowest BCUT2D eigenvalue weighted by atomic mass is 10.2. The van der Waals surface area contributed by atoms with Crippen molar-refractivity contribution in [3.63, 3.8) is 0 Å². The fourth-order valence-corrected chi connectivity index (χ4v) is 5.94. The molecule has 1 rings (SSSR count). The van der Waals surface area contributed by atoms with Crippen molar-refractivity contribution in [1.29, 1.82) is 0 Å². The second-order valence-corrected chi connectivity index (χ2v) is 12.0. The van der Waals surface area contributed by atoms with Crippen LogP contribution in [0.4, 0.5) is 0 Å². The van der Waals surface area contributed by atoms with Crippen molar-refractivity contribution in [3.8, 4) is 0 Å². The Morgan fingerprint density at radius 1 is 0.325 bits per heavy atom. The summed E-state index contributed by atoms with van der Waals surface area (Å²) in [5.74, 6) is 0. The van der Waals surface area contributed by atoms with E-state index < -0.39 is 0 Å². The largest absolute Gasteiger partial charge is 0.320 e. The normalized spacial score (nSPS) is 20.1. The summed E-state index contributed by atoms with van der Waals surface area (Å²) < 4.78 is 0. The highest BCUT2D eigenvalue weighted by molar-refractivity contribution is 4.68. The zero-order valence-electron chi connectivity index (χ0n) is 27.6. The van der Waals surface area contributed by atoms with Crippen LogP contribution < -0.4 is 21.3 Å². The van der Waals surface area contributed by atoms with Gasteiger partial charge in [0.05, 0.1) is 0 Å². The molecule has 0 aromatic heterocycles. The van der Waals surface area contributed by atoms with Gasteiger partial charge in [0, 0.05) is 0 Å². The number of hydrogen-bond acceptors (Lipinski definition) is 8.